The van der Waals surface area contributed by atoms with Gasteiger partial charge < -0.3 is 10.1 Å². The quantitative estimate of drug-likeness (QED) is 0.833. The number of halogens is 2. The molecule has 4 heteroatoms. The fraction of sp³-hybridized carbons (Fsp3) is 0.250. The van der Waals surface area contributed by atoms with Gasteiger partial charge in [0.15, 0.2) is 0 Å². The van der Waals surface area contributed by atoms with Crippen molar-refractivity contribution in [1.29, 1.82) is 0 Å². The summed E-state index contributed by atoms with van der Waals surface area (Å²) in [7, 11) is 1.64. The van der Waals surface area contributed by atoms with Crippen LogP contribution in [0.1, 0.15) is 24.9 Å². The van der Waals surface area contributed by atoms with Crippen molar-refractivity contribution >= 4 is 17.3 Å². The SMILES string of the molecule is CCC(Nc1ccc(F)cc1Cl)c1ccc(OC)cc1. The summed E-state index contributed by atoms with van der Waals surface area (Å²) in [4.78, 5) is 0. The van der Waals surface area contributed by atoms with E-state index in [2.05, 4.69) is 12.2 Å². The normalized spacial score (nSPS) is 12.0. The van der Waals surface area contributed by atoms with Crippen LogP contribution in [0.5, 0.6) is 5.75 Å². The molecule has 0 aliphatic heterocycles. The van der Waals surface area contributed by atoms with Gasteiger partial charge in [-0.2, -0.15) is 0 Å². The predicted molar refractivity (Wildman–Crippen MR) is 81.1 cm³/mol. The summed E-state index contributed by atoms with van der Waals surface area (Å²) in [5.74, 6) is 0.487. The lowest BCUT2D eigenvalue weighted by Crippen LogP contribution is -2.10. The molecule has 0 spiro atoms. The highest BCUT2D eigenvalue weighted by molar-refractivity contribution is 6.33. The number of rotatable bonds is 5. The van der Waals surface area contributed by atoms with E-state index >= 15 is 0 Å². The molecule has 106 valence electrons. The van der Waals surface area contributed by atoms with Crippen molar-refractivity contribution in [3.8, 4) is 5.75 Å². The second-order valence-corrected chi connectivity index (χ2v) is 4.91. The van der Waals surface area contributed by atoms with Crippen LogP contribution in [0.25, 0.3) is 0 Å². The van der Waals surface area contributed by atoms with Gasteiger partial charge in [0.2, 0.25) is 0 Å². The van der Waals surface area contributed by atoms with Gasteiger partial charge in [0.05, 0.1) is 23.9 Å². The maximum Gasteiger partial charge on any atom is 0.124 e. The molecule has 2 nitrogen and oxygen atoms in total. The molecule has 20 heavy (non-hydrogen) atoms. The summed E-state index contributed by atoms with van der Waals surface area (Å²) in [6.45, 7) is 2.08. The Balaban J connectivity index is 2.19. The standard InChI is InChI=1S/C16H17ClFNO/c1-3-15(11-4-7-13(20-2)8-5-11)19-16-9-6-12(18)10-14(16)17/h4-10,15,19H,3H2,1-2H3. The average Bonchev–Trinajstić information content (AvgIpc) is 2.47. The molecule has 0 amide bonds. The minimum atomic E-state index is -0.335. The van der Waals surface area contributed by atoms with E-state index in [1.54, 1.807) is 13.2 Å². The summed E-state index contributed by atoms with van der Waals surface area (Å²) in [6.07, 6.45) is 0.889. The molecule has 1 atom stereocenters. The lowest BCUT2D eigenvalue weighted by molar-refractivity contribution is 0.414. The highest BCUT2D eigenvalue weighted by Gasteiger charge is 2.11. The van der Waals surface area contributed by atoms with E-state index in [-0.39, 0.29) is 11.9 Å². The van der Waals surface area contributed by atoms with Crippen LogP contribution in [0.3, 0.4) is 0 Å². The van der Waals surface area contributed by atoms with Crippen LogP contribution in [-0.2, 0) is 0 Å². The van der Waals surface area contributed by atoms with Gasteiger partial charge in [0.1, 0.15) is 11.6 Å². The molecule has 0 aliphatic rings. The molecule has 0 bridgehead atoms. The van der Waals surface area contributed by atoms with Crippen LogP contribution in [0.15, 0.2) is 42.5 Å². The third-order valence-electron chi connectivity index (χ3n) is 3.19. The number of hydrogen-bond donors (Lipinski definition) is 1. The number of nitrogens with one attached hydrogen (secondary N) is 1. The zero-order valence-corrected chi connectivity index (χ0v) is 12.2. The monoisotopic (exact) mass is 293 g/mol. The van der Waals surface area contributed by atoms with E-state index < -0.39 is 0 Å². The summed E-state index contributed by atoms with van der Waals surface area (Å²) < 4.78 is 18.2. The van der Waals surface area contributed by atoms with Crippen LogP contribution >= 0.6 is 11.6 Å². The first-order chi connectivity index (χ1) is 9.63. The van der Waals surface area contributed by atoms with Crippen molar-refractivity contribution in [2.24, 2.45) is 0 Å². The van der Waals surface area contributed by atoms with Crippen molar-refractivity contribution in [3.05, 3.63) is 58.9 Å². The van der Waals surface area contributed by atoms with Crippen molar-refractivity contribution in [3.63, 3.8) is 0 Å². The van der Waals surface area contributed by atoms with Crippen molar-refractivity contribution in [2.75, 3.05) is 12.4 Å². The first-order valence-electron chi connectivity index (χ1n) is 6.49. The van der Waals surface area contributed by atoms with Crippen LogP contribution in [0, 0.1) is 5.82 Å². The van der Waals surface area contributed by atoms with Gasteiger partial charge in [0.25, 0.3) is 0 Å². The van der Waals surface area contributed by atoms with Gasteiger partial charge >= 0.3 is 0 Å². The Labute approximate surface area is 123 Å². The summed E-state index contributed by atoms with van der Waals surface area (Å²) in [5, 5.41) is 3.72. The topological polar surface area (TPSA) is 21.3 Å². The van der Waals surface area contributed by atoms with Crippen LogP contribution in [-0.4, -0.2) is 7.11 Å². The Morgan fingerprint density at radius 1 is 1.20 bits per heavy atom. The number of benzene rings is 2. The fourth-order valence-electron chi connectivity index (χ4n) is 2.05. The van der Waals surface area contributed by atoms with E-state index in [9.17, 15) is 4.39 Å². The molecule has 1 N–H and O–H groups in total. The second-order valence-electron chi connectivity index (χ2n) is 4.50. The fourth-order valence-corrected chi connectivity index (χ4v) is 2.27. The molecule has 2 rings (SSSR count). The Morgan fingerprint density at radius 3 is 2.45 bits per heavy atom. The molecule has 2 aromatic carbocycles. The van der Waals surface area contributed by atoms with Gasteiger partial charge in [-0.15, -0.1) is 0 Å². The zero-order chi connectivity index (χ0) is 14.5. The third kappa shape index (κ3) is 3.42. The molecule has 0 heterocycles. The summed E-state index contributed by atoms with van der Waals surface area (Å²) in [6, 6.07) is 12.3. The molecule has 2 aromatic rings. The number of methoxy groups -OCH3 is 1. The Hall–Kier alpha value is -1.74. The van der Waals surface area contributed by atoms with Crippen LogP contribution < -0.4 is 10.1 Å². The van der Waals surface area contributed by atoms with Crippen molar-refractivity contribution < 1.29 is 9.13 Å². The molecular formula is C16H17ClFNO. The lowest BCUT2D eigenvalue weighted by atomic mass is 10.0. The number of hydrogen-bond acceptors (Lipinski definition) is 2. The van der Waals surface area contributed by atoms with Gasteiger partial charge in [-0.1, -0.05) is 30.7 Å². The summed E-state index contributed by atoms with van der Waals surface area (Å²) in [5.41, 5.74) is 1.87. The molecule has 0 aliphatic carbocycles. The lowest BCUT2D eigenvalue weighted by Gasteiger charge is -2.20. The van der Waals surface area contributed by atoms with Gasteiger partial charge in [-0.05, 0) is 42.3 Å². The van der Waals surface area contributed by atoms with Gasteiger partial charge in [-0.25, -0.2) is 4.39 Å². The smallest absolute Gasteiger partial charge is 0.124 e. The van der Waals surface area contributed by atoms with Crippen LogP contribution in [0.2, 0.25) is 5.02 Å². The molecule has 0 radical (unpaired) electrons. The average molecular weight is 294 g/mol. The summed E-state index contributed by atoms with van der Waals surface area (Å²) >= 11 is 6.04. The molecule has 0 aromatic heterocycles. The Bertz CT molecular complexity index is 571. The van der Waals surface area contributed by atoms with E-state index in [1.165, 1.54) is 12.1 Å². The number of anilines is 1. The third-order valence-corrected chi connectivity index (χ3v) is 3.50. The molecule has 0 fully saturated rings. The van der Waals surface area contributed by atoms with E-state index in [0.29, 0.717) is 5.02 Å². The maximum atomic E-state index is 13.0. The first-order valence-corrected chi connectivity index (χ1v) is 6.87. The Kier molecular flexibility index (Phi) is 4.85. The van der Waals surface area contributed by atoms with Crippen molar-refractivity contribution in [1.82, 2.24) is 0 Å². The van der Waals surface area contributed by atoms with E-state index in [4.69, 9.17) is 16.3 Å². The maximum absolute atomic E-state index is 13.0. The highest BCUT2D eigenvalue weighted by atomic mass is 35.5. The zero-order valence-electron chi connectivity index (χ0n) is 11.5. The van der Waals surface area contributed by atoms with E-state index in [0.717, 1.165) is 23.4 Å². The molecule has 0 saturated carbocycles. The molecule has 0 saturated heterocycles. The van der Waals surface area contributed by atoms with Crippen molar-refractivity contribution in [2.45, 2.75) is 19.4 Å². The largest absolute Gasteiger partial charge is 0.497 e. The highest BCUT2D eigenvalue weighted by Crippen LogP contribution is 2.29. The van der Waals surface area contributed by atoms with Gasteiger partial charge in [0, 0.05) is 0 Å². The first kappa shape index (κ1) is 14.7. The second kappa shape index (κ2) is 6.62. The Morgan fingerprint density at radius 2 is 1.90 bits per heavy atom. The minimum absolute atomic E-state index is 0.115. The number of ether oxygens (including phenoxy) is 1. The molecular weight excluding hydrogens is 277 g/mol. The van der Waals surface area contributed by atoms with Gasteiger partial charge in [-0.3, -0.25) is 0 Å². The predicted octanol–water partition coefficient (Wildman–Crippen LogP) is 5.05. The van der Waals surface area contributed by atoms with Crippen LogP contribution in [0.4, 0.5) is 10.1 Å². The van der Waals surface area contributed by atoms with E-state index in [1.807, 2.05) is 24.3 Å². The minimum Gasteiger partial charge on any atom is -0.497 e. The molecule has 1 unspecified atom stereocenters.